The van der Waals surface area contributed by atoms with Crippen LogP contribution in [0.25, 0.3) is 0 Å². The van der Waals surface area contributed by atoms with Crippen molar-refractivity contribution in [1.82, 2.24) is 0 Å². The fourth-order valence-electron chi connectivity index (χ4n) is 2.39. The Morgan fingerprint density at radius 3 is 2.85 bits per heavy atom. The van der Waals surface area contributed by atoms with Gasteiger partial charge >= 0.3 is 0 Å². The van der Waals surface area contributed by atoms with Crippen molar-refractivity contribution in [1.29, 1.82) is 0 Å². The fraction of sp³-hybridized carbons (Fsp3) is 0.200. The van der Waals surface area contributed by atoms with Crippen LogP contribution in [0.2, 0.25) is 5.02 Å². The smallest absolute Gasteiger partial charge is 0.129 e. The molecular weight excluding hydrogens is 366 g/mol. The van der Waals surface area contributed by atoms with Gasteiger partial charge in [0.15, 0.2) is 0 Å². The number of benzene rings is 2. The number of rotatable bonds is 2. The average Bonchev–Trinajstić information content (AvgIpc) is 2.85. The van der Waals surface area contributed by atoms with Gasteiger partial charge in [-0.05, 0) is 29.8 Å². The van der Waals surface area contributed by atoms with Crippen molar-refractivity contribution in [2.75, 3.05) is 6.61 Å². The number of hydrogen-bond donors (Lipinski definition) is 0. The molecule has 0 N–H and O–H groups in total. The predicted molar refractivity (Wildman–Crippen MR) is 82.4 cm³/mol. The first-order valence-electron chi connectivity index (χ1n) is 6.11. The summed E-state index contributed by atoms with van der Waals surface area (Å²) < 4.78 is 20.6. The van der Waals surface area contributed by atoms with E-state index in [0.717, 1.165) is 27.8 Å². The molecule has 0 saturated heterocycles. The van der Waals surface area contributed by atoms with E-state index < -0.39 is 11.2 Å². The van der Waals surface area contributed by atoms with Gasteiger partial charge in [0.25, 0.3) is 0 Å². The molecule has 5 heteroatoms. The molecule has 0 aromatic heterocycles. The van der Waals surface area contributed by atoms with E-state index in [1.165, 1.54) is 6.07 Å². The van der Waals surface area contributed by atoms with Crippen LogP contribution in [0.5, 0.6) is 5.75 Å². The van der Waals surface area contributed by atoms with Crippen LogP contribution >= 0.6 is 39.1 Å². The summed E-state index contributed by atoms with van der Waals surface area (Å²) in [5.41, 5.74) is 2.10. The minimum Gasteiger partial charge on any atom is -0.493 e. The topological polar surface area (TPSA) is 9.23 Å². The molecule has 1 nitrogen and oxygen atoms in total. The minimum absolute atomic E-state index is 0.284. The van der Waals surface area contributed by atoms with E-state index >= 15 is 0 Å². The normalized spacial score (nSPS) is 14.8. The van der Waals surface area contributed by atoms with E-state index in [1.54, 1.807) is 12.1 Å². The van der Waals surface area contributed by atoms with Crippen molar-refractivity contribution in [2.24, 2.45) is 0 Å². The molecule has 1 unspecified atom stereocenters. The first-order valence-corrected chi connectivity index (χ1v) is 7.71. The van der Waals surface area contributed by atoms with Crippen LogP contribution in [0.15, 0.2) is 34.8 Å². The third kappa shape index (κ3) is 2.43. The predicted octanol–water partition coefficient (Wildman–Crippen LogP) is 5.50. The van der Waals surface area contributed by atoms with Crippen LogP contribution in [0.4, 0.5) is 4.39 Å². The van der Waals surface area contributed by atoms with Crippen LogP contribution in [-0.4, -0.2) is 6.61 Å². The zero-order chi connectivity index (χ0) is 14.3. The average molecular weight is 376 g/mol. The van der Waals surface area contributed by atoms with Crippen molar-refractivity contribution in [3.63, 3.8) is 0 Å². The number of halogens is 4. The molecule has 0 aliphatic carbocycles. The second kappa shape index (κ2) is 5.55. The highest BCUT2D eigenvalue weighted by atomic mass is 79.9. The summed E-state index contributed by atoms with van der Waals surface area (Å²) in [6, 6.07) is 8.40. The summed E-state index contributed by atoms with van der Waals surface area (Å²) in [6.45, 7) is 0.618. The van der Waals surface area contributed by atoms with Gasteiger partial charge in [0.2, 0.25) is 0 Å². The highest BCUT2D eigenvalue weighted by Crippen LogP contribution is 2.43. The Morgan fingerprint density at radius 1 is 1.30 bits per heavy atom. The van der Waals surface area contributed by atoms with Crippen molar-refractivity contribution < 1.29 is 9.13 Å². The van der Waals surface area contributed by atoms with Crippen LogP contribution in [-0.2, 0) is 6.42 Å². The summed E-state index contributed by atoms with van der Waals surface area (Å²) in [5.74, 6) is 0.330. The maximum Gasteiger partial charge on any atom is 0.129 e. The molecule has 20 heavy (non-hydrogen) atoms. The number of ether oxygens (including phenoxy) is 1. The van der Waals surface area contributed by atoms with Gasteiger partial charge in [-0.25, -0.2) is 4.39 Å². The third-order valence-corrected chi connectivity index (χ3v) is 4.54. The second-order valence-corrected chi connectivity index (χ2v) is 6.34. The van der Waals surface area contributed by atoms with Crippen LogP contribution in [0, 0.1) is 5.82 Å². The molecule has 0 saturated carbocycles. The van der Waals surface area contributed by atoms with Gasteiger partial charge in [-0.15, -0.1) is 11.6 Å². The van der Waals surface area contributed by atoms with Gasteiger partial charge in [0, 0.05) is 27.0 Å². The lowest BCUT2D eigenvalue weighted by Gasteiger charge is -2.16. The molecule has 104 valence electrons. The van der Waals surface area contributed by atoms with Gasteiger partial charge in [0.05, 0.1) is 12.0 Å². The largest absolute Gasteiger partial charge is 0.493 e. The van der Waals surface area contributed by atoms with E-state index in [-0.39, 0.29) is 5.56 Å². The Morgan fingerprint density at radius 2 is 2.10 bits per heavy atom. The maximum atomic E-state index is 14.0. The van der Waals surface area contributed by atoms with E-state index in [1.807, 2.05) is 12.1 Å². The molecule has 0 amide bonds. The molecule has 1 heterocycles. The minimum atomic E-state index is -0.687. The first kappa shape index (κ1) is 14.2. The van der Waals surface area contributed by atoms with Gasteiger partial charge in [-0.3, -0.25) is 0 Å². The maximum absolute atomic E-state index is 14.0. The van der Waals surface area contributed by atoms with Gasteiger partial charge in [-0.2, -0.15) is 0 Å². The standard InChI is InChI=1S/C15H10BrCl2FO/c16-9-6-8-4-5-20-15(8)10(7-9)14(18)13-11(17)2-1-3-12(13)19/h1-3,6-7,14H,4-5H2. The summed E-state index contributed by atoms with van der Waals surface area (Å²) in [6.07, 6.45) is 0.830. The molecule has 1 aliphatic rings. The van der Waals surface area contributed by atoms with Crippen LogP contribution in [0.1, 0.15) is 22.1 Å². The lowest BCUT2D eigenvalue weighted by atomic mass is 10.00. The summed E-state index contributed by atoms with van der Waals surface area (Å²) in [5, 5.41) is -0.371. The summed E-state index contributed by atoms with van der Waals surface area (Å²) >= 11 is 16.0. The Bertz CT molecular complexity index is 655. The van der Waals surface area contributed by atoms with Gasteiger partial charge < -0.3 is 4.74 Å². The zero-order valence-electron chi connectivity index (χ0n) is 10.3. The van der Waals surface area contributed by atoms with E-state index in [0.29, 0.717) is 11.6 Å². The van der Waals surface area contributed by atoms with Crippen LogP contribution < -0.4 is 4.74 Å². The van der Waals surface area contributed by atoms with Crippen LogP contribution in [0.3, 0.4) is 0 Å². The van der Waals surface area contributed by atoms with Gasteiger partial charge in [-0.1, -0.05) is 33.6 Å². The zero-order valence-corrected chi connectivity index (χ0v) is 13.4. The third-order valence-electron chi connectivity index (χ3n) is 3.30. The molecule has 2 aromatic carbocycles. The Labute approximate surface area is 134 Å². The lowest BCUT2D eigenvalue weighted by Crippen LogP contribution is -2.01. The Hall–Kier alpha value is -0.770. The summed E-state index contributed by atoms with van der Waals surface area (Å²) in [7, 11) is 0. The molecule has 1 atom stereocenters. The number of hydrogen-bond acceptors (Lipinski definition) is 1. The van der Waals surface area contributed by atoms with Crippen molar-refractivity contribution >= 4 is 39.1 Å². The molecule has 0 radical (unpaired) electrons. The Kier molecular flexibility index (Phi) is 3.93. The highest BCUT2D eigenvalue weighted by Gasteiger charge is 2.26. The van der Waals surface area contributed by atoms with E-state index in [2.05, 4.69) is 15.9 Å². The van der Waals surface area contributed by atoms with E-state index in [9.17, 15) is 4.39 Å². The number of fused-ring (bicyclic) bond motifs is 1. The molecule has 3 rings (SSSR count). The second-order valence-electron chi connectivity index (χ2n) is 4.58. The SMILES string of the molecule is Fc1cccc(Cl)c1C(Cl)c1cc(Br)cc2c1OCC2. The highest BCUT2D eigenvalue weighted by molar-refractivity contribution is 9.10. The molecule has 0 spiro atoms. The first-order chi connectivity index (χ1) is 9.58. The number of alkyl halides is 1. The lowest BCUT2D eigenvalue weighted by molar-refractivity contribution is 0.353. The molecule has 0 fully saturated rings. The van der Waals surface area contributed by atoms with Crippen molar-refractivity contribution in [3.8, 4) is 5.75 Å². The monoisotopic (exact) mass is 374 g/mol. The summed E-state index contributed by atoms with van der Waals surface area (Å²) in [4.78, 5) is 0. The van der Waals surface area contributed by atoms with Gasteiger partial charge in [0.1, 0.15) is 11.6 Å². The van der Waals surface area contributed by atoms with E-state index in [4.69, 9.17) is 27.9 Å². The molecule has 0 bridgehead atoms. The molecular formula is C15H10BrCl2FO. The fourth-order valence-corrected chi connectivity index (χ4v) is 3.63. The molecule has 2 aromatic rings. The molecule has 1 aliphatic heterocycles. The van der Waals surface area contributed by atoms with Crippen molar-refractivity contribution in [2.45, 2.75) is 11.8 Å². The Balaban J connectivity index is 2.14. The van der Waals surface area contributed by atoms with Crippen molar-refractivity contribution in [3.05, 3.63) is 62.3 Å². The quantitative estimate of drug-likeness (QED) is 0.629.